The molecule has 0 saturated carbocycles. The Hall–Kier alpha value is -1.88. The fourth-order valence-corrected chi connectivity index (χ4v) is 1.79. The van der Waals surface area contributed by atoms with E-state index in [-0.39, 0.29) is 11.8 Å². The Balaban J connectivity index is 2.58. The SMILES string of the molecule is CC(=O)Nc1ccc(NC(=O)CCC(C)CN)cc1C. The van der Waals surface area contributed by atoms with E-state index in [0.29, 0.717) is 18.9 Å². The van der Waals surface area contributed by atoms with Crippen LogP contribution in [0.3, 0.4) is 0 Å². The summed E-state index contributed by atoms with van der Waals surface area (Å²) in [5, 5.41) is 5.59. The predicted octanol–water partition coefficient (Wildman–Crippen LogP) is 2.27. The van der Waals surface area contributed by atoms with Crippen molar-refractivity contribution in [1.82, 2.24) is 0 Å². The Morgan fingerprint density at radius 3 is 2.55 bits per heavy atom. The minimum atomic E-state index is -0.111. The number of rotatable bonds is 6. The van der Waals surface area contributed by atoms with Gasteiger partial charge in [-0.25, -0.2) is 0 Å². The van der Waals surface area contributed by atoms with E-state index >= 15 is 0 Å². The third-order valence-electron chi connectivity index (χ3n) is 3.09. The van der Waals surface area contributed by atoms with Crippen molar-refractivity contribution < 1.29 is 9.59 Å². The van der Waals surface area contributed by atoms with E-state index in [9.17, 15) is 9.59 Å². The van der Waals surface area contributed by atoms with Gasteiger partial charge in [0.2, 0.25) is 11.8 Å². The molecule has 0 aliphatic carbocycles. The molecular formula is C15H23N3O2. The van der Waals surface area contributed by atoms with E-state index in [1.54, 1.807) is 12.1 Å². The summed E-state index contributed by atoms with van der Waals surface area (Å²) >= 11 is 0. The molecule has 1 aromatic carbocycles. The second-order valence-corrected chi connectivity index (χ2v) is 5.14. The number of benzene rings is 1. The van der Waals surface area contributed by atoms with Crippen LogP contribution in [0.4, 0.5) is 11.4 Å². The second-order valence-electron chi connectivity index (χ2n) is 5.14. The van der Waals surface area contributed by atoms with E-state index in [2.05, 4.69) is 10.6 Å². The lowest BCUT2D eigenvalue weighted by molar-refractivity contribution is -0.116. The highest BCUT2D eigenvalue weighted by Gasteiger charge is 2.07. The van der Waals surface area contributed by atoms with Crippen LogP contribution in [0.25, 0.3) is 0 Å². The minimum Gasteiger partial charge on any atom is -0.330 e. The van der Waals surface area contributed by atoms with E-state index in [1.165, 1.54) is 6.92 Å². The Kier molecular flexibility index (Phi) is 6.18. The molecule has 0 fully saturated rings. The molecular weight excluding hydrogens is 254 g/mol. The maximum atomic E-state index is 11.8. The zero-order valence-electron chi connectivity index (χ0n) is 12.3. The standard InChI is InChI=1S/C15H23N3O2/c1-10(9-16)4-7-15(20)18-13-5-6-14(11(2)8-13)17-12(3)19/h5-6,8,10H,4,7,9,16H2,1-3H3,(H,17,19)(H,18,20). The highest BCUT2D eigenvalue weighted by atomic mass is 16.2. The van der Waals surface area contributed by atoms with E-state index in [0.717, 1.165) is 23.4 Å². The number of hydrogen-bond donors (Lipinski definition) is 3. The van der Waals surface area contributed by atoms with Gasteiger partial charge in [0.05, 0.1) is 0 Å². The molecule has 1 rings (SSSR count). The molecule has 0 heterocycles. The number of carbonyl (C=O) groups excluding carboxylic acids is 2. The van der Waals surface area contributed by atoms with E-state index in [1.807, 2.05) is 19.9 Å². The van der Waals surface area contributed by atoms with Crippen LogP contribution in [-0.4, -0.2) is 18.4 Å². The van der Waals surface area contributed by atoms with E-state index in [4.69, 9.17) is 5.73 Å². The van der Waals surface area contributed by atoms with Crippen LogP contribution < -0.4 is 16.4 Å². The summed E-state index contributed by atoms with van der Waals surface area (Å²) < 4.78 is 0. The summed E-state index contributed by atoms with van der Waals surface area (Å²) in [6.45, 7) is 5.97. The summed E-state index contributed by atoms with van der Waals surface area (Å²) in [5.74, 6) is 0.224. The van der Waals surface area contributed by atoms with Crippen molar-refractivity contribution in [3.05, 3.63) is 23.8 Å². The summed E-state index contributed by atoms with van der Waals surface area (Å²) in [6, 6.07) is 5.41. The van der Waals surface area contributed by atoms with Crippen LogP contribution in [-0.2, 0) is 9.59 Å². The van der Waals surface area contributed by atoms with Crippen LogP contribution >= 0.6 is 0 Å². The Morgan fingerprint density at radius 1 is 1.30 bits per heavy atom. The van der Waals surface area contributed by atoms with Gasteiger partial charge in [0, 0.05) is 24.7 Å². The first kappa shape index (κ1) is 16.2. The average Bonchev–Trinajstić information content (AvgIpc) is 2.38. The van der Waals surface area contributed by atoms with Gasteiger partial charge in [-0.3, -0.25) is 9.59 Å². The van der Waals surface area contributed by atoms with Crippen molar-refractivity contribution in [1.29, 1.82) is 0 Å². The summed E-state index contributed by atoms with van der Waals surface area (Å²) in [6.07, 6.45) is 1.25. The number of nitrogens with two attached hydrogens (primary N) is 1. The fourth-order valence-electron chi connectivity index (χ4n) is 1.79. The van der Waals surface area contributed by atoms with Gasteiger partial charge in [-0.2, -0.15) is 0 Å². The summed E-state index contributed by atoms with van der Waals surface area (Å²) in [7, 11) is 0. The zero-order valence-corrected chi connectivity index (χ0v) is 12.3. The predicted molar refractivity (Wildman–Crippen MR) is 81.6 cm³/mol. The number of anilines is 2. The van der Waals surface area contributed by atoms with Gasteiger partial charge in [0.15, 0.2) is 0 Å². The van der Waals surface area contributed by atoms with Gasteiger partial charge in [-0.1, -0.05) is 6.92 Å². The van der Waals surface area contributed by atoms with E-state index < -0.39 is 0 Å². The first-order valence-electron chi connectivity index (χ1n) is 6.80. The quantitative estimate of drug-likeness (QED) is 0.745. The molecule has 20 heavy (non-hydrogen) atoms. The molecule has 0 aliphatic rings. The molecule has 1 aromatic rings. The Labute approximate surface area is 119 Å². The van der Waals surface area contributed by atoms with Crippen LogP contribution in [0.2, 0.25) is 0 Å². The molecule has 0 bridgehead atoms. The normalized spacial score (nSPS) is 11.8. The molecule has 5 heteroatoms. The molecule has 5 nitrogen and oxygen atoms in total. The van der Waals surface area contributed by atoms with Crippen LogP contribution in [0, 0.1) is 12.8 Å². The summed E-state index contributed by atoms with van der Waals surface area (Å²) in [5.41, 5.74) is 7.93. The largest absolute Gasteiger partial charge is 0.330 e. The van der Waals surface area contributed by atoms with Crippen LogP contribution in [0.15, 0.2) is 18.2 Å². The van der Waals surface area contributed by atoms with Crippen molar-refractivity contribution in [3.8, 4) is 0 Å². The molecule has 0 radical (unpaired) electrons. The molecule has 110 valence electrons. The highest BCUT2D eigenvalue weighted by molar-refractivity contribution is 5.92. The zero-order chi connectivity index (χ0) is 15.1. The van der Waals surface area contributed by atoms with Crippen molar-refractivity contribution in [2.24, 2.45) is 11.7 Å². The maximum Gasteiger partial charge on any atom is 0.224 e. The number of hydrogen-bond acceptors (Lipinski definition) is 3. The smallest absolute Gasteiger partial charge is 0.224 e. The lowest BCUT2D eigenvalue weighted by Crippen LogP contribution is -2.16. The molecule has 2 amide bonds. The first-order chi connectivity index (χ1) is 9.42. The fraction of sp³-hybridized carbons (Fsp3) is 0.467. The Bertz CT molecular complexity index is 486. The van der Waals surface area contributed by atoms with Gasteiger partial charge in [-0.05, 0) is 49.6 Å². The summed E-state index contributed by atoms with van der Waals surface area (Å²) in [4.78, 5) is 22.8. The van der Waals surface area contributed by atoms with Gasteiger partial charge in [0.25, 0.3) is 0 Å². The lowest BCUT2D eigenvalue weighted by Gasteiger charge is -2.11. The minimum absolute atomic E-state index is 0.0167. The molecule has 0 saturated heterocycles. The van der Waals surface area contributed by atoms with Crippen molar-refractivity contribution in [2.45, 2.75) is 33.6 Å². The van der Waals surface area contributed by atoms with Crippen LogP contribution in [0.1, 0.15) is 32.3 Å². The molecule has 1 unspecified atom stereocenters. The third-order valence-corrected chi connectivity index (χ3v) is 3.09. The monoisotopic (exact) mass is 277 g/mol. The van der Waals surface area contributed by atoms with Gasteiger partial charge in [0.1, 0.15) is 0 Å². The van der Waals surface area contributed by atoms with Crippen molar-refractivity contribution in [3.63, 3.8) is 0 Å². The third kappa shape index (κ3) is 5.40. The Morgan fingerprint density at radius 2 is 2.00 bits per heavy atom. The maximum absolute atomic E-state index is 11.8. The number of nitrogens with one attached hydrogen (secondary N) is 2. The molecule has 0 aliphatic heterocycles. The highest BCUT2D eigenvalue weighted by Crippen LogP contribution is 2.20. The number of carbonyl (C=O) groups is 2. The topological polar surface area (TPSA) is 84.2 Å². The van der Waals surface area contributed by atoms with Gasteiger partial charge < -0.3 is 16.4 Å². The van der Waals surface area contributed by atoms with Crippen LogP contribution in [0.5, 0.6) is 0 Å². The molecule has 0 aromatic heterocycles. The first-order valence-corrected chi connectivity index (χ1v) is 6.80. The van der Waals surface area contributed by atoms with Gasteiger partial charge in [-0.15, -0.1) is 0 Å². The average molecular weight is 277 g/mol. The second kappa shape index (κ2) is 7.65. The number of amides is 2. The van der Waals surface area contributed by atoms with Crippen molar-refractivity contribution >= 4 is 23.2 Å². The molecule has 1 atom stereocenters. The van der Waals surface area contributed by atoms with Gasteiger partial charge >= 0.3 is 0 Å². The lowest BCUT2D eigenvalue weighted by atomic mass is 10.1. The number of aryl methyl sites for hydroxylation is 1. The molecule has 4 N–H and O–H groups in total. The molecule has 0 spiro atoms. The van der Waals surface area contributed by atoms with Crippen molar-refractivity contribution in [2.75, 3.05) is 17.2 Å².